The van der Waals surface area contributed by atoms with Crippen LogP contribution in [-0.4, -0.2) is 143 Å². The summed E-state index contributed by atoms with van der Waals surface area (Å²) >= 11 is 0. The summed E-state index contributed by atoms with van der Waals surface area (Å²) in [5.74, 6) is -5.65. The molecule has 21 nitrogen and oxygen atoms in total. The molecule has 6 N–H and O–H groups in total. The maximum Gasteiger partial charge on any atom is 0.325 e. The van der Waals surface area contributed by atoms with Crippen LogP contribution in [-0.2, 0) is 51.9 Å². The Kier molecular flexibility index (Phi) is 29.6. The molecular weight excluding hydrogens is 1530 g/mol. The molecule has 5 heterocycles. The molecule has 0 saturated carbocycles. The van der Waals surface area contributed by atoms with Crippen molar-refractivity contribution in [2.24, 2.45) is 34.5 Å². The highest BCUT2D eigenvalue weighted by Crippen LogP contribution is 2.41. The number of amides is 4. The van der Waals surface area contributed by atoms with Gasteiger partial charge in [-0.3, -0.25) is 53.4 Å². The van der Waals surface area contributed by atoms with E-state index in [9.17, 15) is 43.8 Å². The number of aliphatic hydroxyl groups excluding tert-OH is 1. The van der Waals surface area contributed by atoms with Crippen LogP contribution in [0.5, 0.6) is 0 Å². The number of fused-ring (bicyclic) bond motifs is 5. The van der Waals surface area contributed by atoms with Crippen molar-refractivity contribution in [3.05, 3.63) is 217 Å². The van der Waals surface area contributed by atoms with E-state index in [4.69, 9.17) is 18.6 Å². The quantitative estimate of drug-likeness (QED) is 0.0272. The number of cyclic esters (lactones) is 1. The minimum absolute atomic E-state index is 0.0257. The van der Waals surface area contributed by atoms with Gasteiger partial charge in [0.15, 0.2) is 0 Å². The number of ether oxygens (including phenoxy) is 1. The van der Waals surface area contributed by atoms with Gasteiger partial charge in [0.2, 0.25) is 11.8 Å². The van der Waals surface area contributed by atoms with Crippen molar-refractivity contribution in [3.8, 4) is 0 Å². The molecule has 23 heteroatoms. The predicted octanol–water partition coefficient (Wildman–Crippen LogP) is 13.7. The number of hydrazine groups is 2. The minimum atomic E-state index is -3.23. The lowest BCUT2D eigenvalue weighted by Crippen LogP contribution is -2.70. The molecule has 4 amide bonds. The number of hydrogen-bond donors (Lipinski definition) is 6. The minimum Gasteiger partial charge on any atom is -0.480 e. The standard InChI is InChI=1S/C48H62N4O7Si.C48H60N4O6Si/c1-31(2)38(30-42(54)48(8,9)27-26-34-22-23-35-24-25-39(32(3)53)49-41(35)29-34)44(55)50-43(45(56)52-28-16-21-40(51-52)46(57)58)33(4)59-60(47(5,6)7,36-17-12-10-13-18-36)37-19-14-11-15-20-37;1-31(2)38-30-42(53)48(8,9)27-26-34-22-23-35-24-25-39(49-41(35)29-34)32(3)57-46(56)40-21-16-28-52(51-40)45(55)43(50-44(38)54)33(4)58-59(47(5,6)7,36-17-12-10-13-18-36)37-19-14-11-15-20-37/h10-15,17-20,22-27,29,31-33,38,40,43,51,53H,16,21,28,30H2,1-9H3,(H,50,55)(H,57,58);10-15,17-20,22-27,29,31-33,38,40,43,51H,16,21,28,30H2,1-9H3,(H,50,54)/b2*27-26+/t2*32-,33-,38+,40+,43+/m11/s1. The van der Waals surface area contributed by atoms with Gasteiger partial charge in [0, 0.05) is 59.4 Å². The Hall–Kier alpha value is -9.99. The van der Waals surface area contributed by atoms with Gasteiger partial charge in [-0.1, -0.05) is 251 Å². The van der Waals surface area contributed by atoms with Crippen molar-refractivity contribution in [2.75, 3.05) is 13.1 Å². The van der Waals surface area contributed by atoms with Crippen molar-refractivity contribution in [1.29, 1.82) is 0 Å². The molecule has 0 spiro atoms. The summed E-state index contributed by atoms with van der Waals surface area (Å²) in [6.07, 6.45) is 6.08. The van der Waals surface area contributed by atoms with Gasteiger partial charge in [0.05, 0.1) is 40.7 Å². The predicted molar refractivity (Wildman–Crippen MR) is 474 cm³/mol. The Morgan fingerprint density at radius 2 is 1.19 bits per heavy atom. The Balaban J connectivity index is 0.000000250. The normalized spacial score (nSPS) is 20.4. The van der Waals surface area contributed by atoms with Gasteiger partial charge in [0.1, 0.15) is 41.8 Å². The molecule has 632 valence electrons. The number of nitrogens with zero attached hydrogens (tertiary/aromatic N) is 4. The van der Waals surface area contributed by atoms with Crippen LogP contribution in [0.4, 0.5) is 0 Å². The first-order valence-corrected chi connectivity index (χ1v) is 45.7. The lowest BCUT2D eigenvalue weighted by Gasteiger charge is -2.46. The first-order valence-electron chi connectivity index (χ1n) is 41.9. The molecule has 2 aromatic heterocycles. The van der Waals surface area contributed by atoms with E-state index in [1.54, 1.807) is 26.8 Å². The smallest absolute Gasteiger partial charge is 0.325 e. The number of esters is 1. The largest absolute Gasteiger partial charge is 0.480 e. The summed E-state index contributed by atoms with van der Waals surface area (Å²) < 4.78 is 20.8. The Bertz CT molecular complexity index is 4890. The van der Waals surface area contributed by atoms with Gasteiger partial charge < -0.3 is 34.4 Å². The number of nitrogens with one attached hydrogen (secondary N) is 4. The van der Waals surface area contributed by atoms with Gasteiger partial charge in [-0.05, 0) is 159 Å². The third kappa shape index (κ3) is 21.4. The Labute approximate surface area is 704 Å². The van der Waals surface area contributed by atoms with E-state index in [0.717, 1.165) is 53.7 Å². The number of rotatable bonds is 22. The molecule has 3 aliphatic rings. The second-order valence-corrected chi connectivity index (χ2v) is 44.6. The van der Waals surface area contributed by atoms with Crippen molar-refractivity contribution >= 4 is 118 Å². The van der Waals surface area contributed by atoms with Crippen LogP contribution in [0.3, 0.4) is 0 Å². The zero-order valence-electron chi connectivity index (χ0n) is 72.4. The highest BCUT2D eigenvalue weighted by atomic mass is 28.4. The molecule has 2 saturated heterocycles. The lowest BCUT2D eigenvalue weighted by atomic mass is 9.79. The average molecular weight is 1650 g/mol. The van der Waals surface area contributed by atoms with Gasteiger partial charge >= 0.3 is 11.9 Å². The third-order valence-corrected chi connectivity index (χ3v) is 33.9. The summed E-state index contributed by atoms with van der Waals surface area (Å²) in [5, 5.41) is 33.8. The van der Waals surface area contributed by atoms with Crippen molar-refractivity contribution in [2.45, 2.75) is 222 Å². The highest BCUT2D eigenvalue weighted by Gasteiger charge is 2.55. The number of hydrogen-bond acceptors (Lipinski definition) is 16. The zero-order chi connectivity index (χ0) is 86.7. The topological polar surface area (TPSA) is 285 Å². The van der Waals surface area contributed by atoms with E-state index in [1.807, 2.05) is 214 Å². The number of carboxylic acids is 1. The molecule has 8 aromatic rings. The number of Topliss-reactive ketones (excluding diaryl/α,β-unsaturated/α-hetero) is 2. The SMILES string of the molecule is CC(C)[C@@H]1CC(=O)C(C)(C)/C=C/c2ccc3ccc(nc3c2)[C@@H](C)OC(=O)[C@@H]2CCCN(N2)C(=O)[C@H]([C@@H](C)O[Si](c2ccccc2)(c2ccccc2)C(C)(C)C)NC1=O.CC(C)[C@H](CC(=O)C(C)(C)/C=C/c1ccc2ccc([C@@H](C)O)nc2c1)C(=O)N[C@H](C(=O)N1CCC[C@@H](C(=O)O)N1)[C@@H](C)O[Si](c1ccccc1)(c1ccccc1)C(C)(C)C. The summed E-state index contributed by atoms with van der Waals surface area (Å²) in [5.41, 5.74) is 8.50. The number of aromatic nitrogens is 2. The zero-order valence-corrected chi connectivity index (χ0v) is 74.4. The fourth-order valence-corrected chi connectivity index (χ4v) is 25.6. The highest BCUT2D eigenvalue weighted by molar-refractivity contribution is 7.00. The third-order valence-electron chi connectivity index (χ3n) is 23.6. The van der Waals surface area contributed by atoms with Crippen molar-refractivity contribution < 1.29 is 62.2 Å². The second-order valence-electron chi connectivity index (χ2n) is 36.1. The molecule has 10 atom stereocenters. The Morgan fingerprint density at radius 3 is 1.73 bits per heavy atom. The van der Waals surface area contributed by atoms with Gasteiger partial charge in [-0.15, -0.1) is 0 Å². The van der Waals surface area contributed by atoms with Gasteiger partial charge in [0.25, 0.3) is 28.4 Å². The van der Waals surface area contributed by atoms with Gasteiger partial charge in [-0.25, -0.2) is 15.8 Å². The summed E-state index contributed by atoms with van der Waals surface area (Å²) in [4.78, 5) is 122. The number of carbonyl (C=O) groups is 8. The molecule has 0 aliphatic carbocycles. The maximum atomic E-state index is 15.0. The number of aliphatic hydroxyl groups is 1. The van der Waals surface area contributed by atoms with Crippen LogP contribution < -0.4 is 42.2 Å². The molecule has 2 fully saturated rings. The number of carboxylic acid groups (broad SMARTS) is 1. The van der Waals surface area contributed by atoms with E-state index < -0.39 is 134 Å². The lowest BCUT2D eigenvalue weighted by molar-refractivity contribution is -0.158. The van der Waals surface area contributed by atoms with E-state index in [0.29, 0.717) is 43.6 Å². The molecule has 5 bridgehead atoms. The molecule has 11 rings (SSSR count). The number of carbonyl (C=O) groups excluding carboxylic acids is 7. The first kappa shape index (κ1) is 91.3. The average Bonchev–Trinajstić information content (AvgIpc) is 0.744. The first-order chi connectivity index (χ1) is 56.2. The Morgan fingerprint density at radius 1 is 0.664 bits per heavy atom. The summed E-state index contributed by atoms with van der Waals surface area (Å²) in [6, 6.07) is 55.3. The van der Waals surface area contributed by atoms with Crippen LogP contribution in [0.25, 0.3) is 34.0 Å². The summed E-state index contributed by atoms with van der Waals surface area (Å²) in [6.45, 7) is 35.5. The molecular formula is C96H122N8O13Si2. The molecule has 119 heavy (non-hydrogen) atoms. The van der Waals surface area contributed by atoms with Crippen LogP contribution in [0.1, 0.15) is 198 Å². The van der Waals surface area contributed by atoms with E-state index in [-0.39, 0.29) is 42.8 Å². The maximum absolute atomic E-state index is 15.0. The van der Waals surface area contributed by atoms with Crippen molar-refractivity contribution in [3.63, 3.8) is 0 Å². The fraction of sp³-hybridized carbons (Fsp3) is 0.438. The fourth-order valence-electron chi connectivity index (χ4n) is 16.2. The number of benzene rings is 6. The van der Waals surface area contributed by atoms with Crippen molar-refractivity contribution in [1.82, 2.24) is 41.5 Å². The number of pyridine rings is 2. The van der Waals surface area contributed by atoms with Crippen LogP contribution in [0.15, 0.2) is 194 Å². The van der Waals surface area contributed by atoms with Gasteiger partial charge in [-0.2, -0.15) is 0 Å². The monoisotopic (exact) mass is 1650 g/mol. The van der Waals surface area contributed by atoms with E-state index in [2.05, 4.69) is 117 Å². The van der Waals surface area contributed by atoms with Crippen LogP contribution in [0.2, 0.25) is 10.1 Å². The van der Waals surface area contributed by atoms with Crippen LogP contribution >= 0.6 is 0 Å². The number of aliphatic carboxylic acids is 1. The molecule has 0 radical (unpaired) electrons. The number of ketones is 2. The molecule has 6 aromatic carbocycles. The molecule has 3 aliphatic heterocycles. The van der Waals surface area contributed by atoms with Crippen LogP contribution in [0, 0.1) is 34.5 Å². The van der Waals surface area contributed by atoms with E-state index >= 15 is 4.79 Å². The molecule has 0 unspecified atom stereocenters. The summed E-state index contributed by atoms with van der Waals surface area (Å²) in [7, 11) is -6.44. The number of allylic oxidation sites excluding steroid dienone is 2. The van der Waals surface area contributed by atoms with E-state index in [1.165, 1.54) is 10.0 Å². The second kappa shape index (κ2) is 38.6.